The van der Waals surface area contributed by atoms with Gasteiger partial charge in [-0.1, -0.05) is 0 Å². The van der Waals surface area contributed by atoms with Crippen LogP contribution in [0, 0.1) is 0 Å². The number of hydrogen-bond donors (Lipinski definition) is 1. The van der Waals surface area contributed by atoms with Crippen LogP contribution in [0.2, 0.25) is 0 Å². The lowest BCUT2D eigenvalue weighted by Crippen LogP contribution is -2.05. The zero-order chi connectivity index (χ0) is 8.97. The molecule has 0 unspecified atom stereocenters. The smallest absolute Gasteiger partial charge is 0.181 e. The lowest BCUT2D eigenvalue weighted by atomic mass is 10.1. The molecule has 0 amide bonds. The maximum absolute atomic E-state index is 10.4. The predicted octanol–water partition coefficient (Wildman–Crippen LogP) is 0.638. The molecule has 0 aliphatic carbocycles. The molecule has 1 aromatic heterocycles. The second kappa shape index (κ2) is 3.82. The Morgan fingerprint density at radius 2 is 2.58 bits per heavy atom. The van der Waals surface area contributed by atoms with Crippen LogP contribution in [0.3, 0.4) is 0 Å². The van der Waals surface area contributed by atoms with E-state index in [0.29, 0.717) is 12.0 Å². The number of carbonyl (C=O) groups excluding carboxylic acids is 1. The fourth-order valence-electron chi connectivity index (χ4n) is 0.717. The number of aromatic nitrogens is 1. The van der Waals surface area contributed by atoms with E-state index in [4.69, 9.17) is 5.11 Å². The van der Waals surface area contributed by atoms with Gasteiger partial charge >= 0.3 is 0 Å². The van der Waals surface area contributed by atoms with E-state index in [0.717, 1.165) is 0 Å². The Kier molecular flexibility index (Phi) is 2.76. The van der Waals surface area contributed by atoms with Gasteiger partial charge in [-0.3, -0.25) is 4.79 Å². The van der Waals surface area contributed by atoms with Gasteiger partial charge in [-0.2, -0.15) is 0 Å². The third kappa shape index (κ3) is 2.03. The molecule has 0 saturated heterocycles. The van der Waals surface area contributed by atoms with Crippen molar-refractivity contribution >= 4 is 12.4 Å². The van der Waals surface area contributed by atoms with Crippen molar-refractivity contribution in [2.24, 2.45) is 0 Å². The molecule has 1 atom stereocenters. The monoisotopic (exact) mass is 167 g/mol. The van der Waals surface area contributed by atoms with Crippen molar-refractivity contribution in [3.63, 3.8) is 0 Å². The van der Waals surface area contributed by atoms with Crippen molar-refractivity contribution in [2.45, 2.75) is 13.0 Å². The van der Waals surface area contributed by atoms with E-state index in [9.17, 15) is 4.79 Å². The number of hydrogen-bond acceptors (Lipinski definition) is 4. The van der Waals surface area contributed by atoms with Gasteiger partial charge < -0.3 is 9.52 Å². The van der Waals surface area contributed by atoms with Crippen LogP contribution >= 0.6 is 0 Å². The normalized spacial score (nSPS) is 14.3. The Bertz CT molecular complexity index is 275. The quantitative estimate of drug-likeness (QED) is 0.530. The summed E-state index contributed by atoms with van der Waals surface area (Å²) in [7, 11) is 0. The minimum Gasteiger partial charge on any atom is -0.451 e. The van der Waals surface area contributed by atoms with Gasteiger partial charge in [0.1, 0.15) is 18.2 Å². The highest BCUT2D eigenvalue weighted by atomic mass is 16.3. The van der Waals surface area contributed by atoms with Crippen LogP contribution in [-0.2, 0) is 4.79 Å². The number of oxazole rings is 1. The molecule has 64 valence electrons. The van der Waals surface area contributed by atoms with Gasteiger partial charge in [0.25, 0.3) is 0 Å². The zero-order valence-corrected chi connectivity index (χ0v) is 6.60. The molecule has 12 heavy (non-hydrogen) atoms. The van der Waals surface area contributed by atoms with E-state index in [1.165, 1.54) is 25.7 Å². The van der Waals surface area contributed by atoms with Gasteiger partial charge in [0.05, 0.1) is 6.10 Å². The topological polar surface area (TPSA) is 63.3 Å². The van der Waals surface area contributed by atoms with Gasteiger partial charge in [0.2, 0.25) is 0 Å². The summed E-state index contributed by atoms with van der Waals surface area (Å²) < 4.78 is 4.69. The average Bonchev–Trinajstić information content (AvgIpc) is 2.51. The molecule has 1 heterocycles. The summed E-state index contributed by atoms with van der Waals surface area (Å²) in [6, 6.07) is 0. The van der Waals surface area contributed by atoms with Crippen LogP contribution in [-0.4, -0.2) is 22.5 Å². The van der Waals surface area contributed by atoms with Crippen LogP contribution in [0.1, 0.15) is 12.6 Å². The highest BCUT2D eigenvalue weighted by Crippen LogP contribution is 2.05. The molecule has 0 aliphatic rings. The minimum atomic E-state index is -0.779. The molecule has 1 N–H and O–H groups in total. The van der Waals surface area contributed by atoms with Gasteiger partial charge in [-0.15, -0.1) is 0 Å². The lowest BCUT2D eigenvalue weighted by Gasteiger charge is -1.99. The molecule has 4 nitrogen and oxygen atoms in total. The average molecular weight is 167 g/mol. The van der Waals surface area contributed by atoms with Gasteiger partial charge in [-0.05, 0) is 13.0 Å². The summed E-state index contributed by atoms with van der Waals surface area (Å²) in [6.07, 6.45) is 3.95. The van der Waals surface area contributed by atoms with E-state index in [-0.39, 0.29) is 5.57 Å². The predicted molar refractivity (Wildman–Crippen MR) is 42.2 cm³/mol. The first-order chi connectivity index (χ1) is 5.74. The molecule has 0 radical (unpaired) electrons. The third-order valence-corrected chi connectivity index (χ3v) is 1.38. The van der Waals surface area contributed by atoms with E-state index >= 15 is 0 Å². The van der Waals surface area contributed by atoms with Crippen molar-refractivity contribution in [2.75, 3.05) is 0 Å². The van der Waals surface area contributed by atoms with E-state index in [1.807, 2.05) is 0 Å². The highest BCUT2D eigenvalue weighted by molar-refractivity contribution is 5.82. The van der Waals surface area contributed by atoms with Gasteiger partial charge in [-0.25, -0.2) is 4.98 Å². The Hall–Kier alpha value is -1.42. The molecule has 0 saturated carbocycles. The summed E-state index contributed by atoms with van der Waals surface area (Å²) in [5, 5.41) is 9.05. The minimum absolute atomic E-state index is 0.281. The van der Waals surface area contributed by atoms with E-state index < -0.39 is 6.10 Å². The molecular formula is C8H9NO3. The largest absolute Gasteiger partial charge is 0.451 e. The lowest BCUT2D eigenvalue weighted by molar-refractivity contribution is -0.105. The second-order valence-electron chi connectivity index (χ2n) is 2.35. The van der Waals surface area contributed by atoms with Crippen molar-refractivity contribution < 1.29 is 14.3 Å². The molecule has 4 heteroatoms. The maximum atomic E-state index is 10.4. The first-order valence-electron chi connectivity index (χ1n) is 3.47. The molecule has 1 rings (SSSR count). The number of aliphatic hydroxyl groups excluding tert-OH is 1. The maximum Gasteiger partial charge on any atom is 0.181 e. The standard InChI is InChI=1S/C8H9NO3/c1-6(11)7(3-10)2-8-4-12-5-9-8/h2-6,11H,1H3/t6-/m1/s1. The van der Waals surface area contributed by atoms with Crippen molar-refractivity contribution in [1.29, 1.82) is 0 Å². The zero-order valence-electron chi connectivity index (χ0n) is 6.60. The first-order valence-corrected chi connectivity index (χ1v) is 3.47. The number of aliphatic hydroxyl groups is 1. The van der Waals surface area contributed by atoms with Crippen molar-refractivity contribution in [3.8, 4) is 0 Å². The third-order valence-electron chi connectivity index (χ3n) is 1.38. The van der Waals surface area contributed by atoms with Crippen LogP contribution in [0.15, 0.2) is 22.6 Å². The van der Waals surface area contributed by atoms with Crippen LogP contribution < -0.4 is 0 Å². The number of rotatable bonds is 3. The fourth-order valence-corrected chi connectivity index (χ4v) is 0.717. The molecule has 0 fully saturated rings. The summed E-state index contributed by atoms with van der Waals surface area (Å²) in [4.78, 5) is 14.2. The fraction of sp³-hybridized carbons (Fsp3) is 0.250. The summed E-state index contributed by atoms with van der Waals surface area (Å²) in [5.74, 6) is 0. The molecule has 0 bridgehead atoms. The molecule has 1 aromatic rings. The van der Waals surface area contributed by atoms with E-state index in [1.54, 1.807) is 0 Å². The van der Waals surface area contributed by atoms with E-state index in [2.05, 4.69) is 9.40 Å². The highest BCUT2D eigenvalue weighted by Gasteiger charge is 2.03. The Morgan fingerprint density at radius 3 is 3.00 bits per heavy atom. The summed E-state index contributed by atoms with van der Waals surface area (Å²) in [5.41, 5.74) is 0.807. The summed E-state index contributed by atoms with van der Waals surface area (Å²) >= 11 is 0. The van der Waals surface area contributed by atoms with Gasteiger partial charge in [0, 0.05) is 5.57 Å². The number of carbonyl (C=O) groups is 1. The molecule has 0 aromatic carbocycles. The molecular weight excluding hydrogens is 158 g/mol. The van der Waals surface area contributed by atoms with Crippen molar-refractivity contribution in [1.82, 2.24) is 4.98 Å². The second-order valence-corrected chi connectivity index (χ2v) is 2.35. The first kappa shape index (κ1) is 8.67. The Morgan fingerprint density at radius 1 is 1.83 bits per heavy atom. The Labute approximate surface area is 69.5 Å². The number of nitrogens with zero attached hydrogens (tertiary/aromatic N) is 1. The number of aldehydes is 1. The summed E-state index contributed by atoms with van der Waals surface area (Å²) in [6.45, 7) is 1.51. The SMILES string of the molecule is C[C@@H](O)C(C=O)=Cc1cocn1. The molecule has 0 aliphatic heterocycles. The molecule has 0 spiro atoms. The van der Waals surface area contributed by atoms with Crippen LogP contribution in [0.4, 0.5) is 0 Å². The van der Waals surface area contributed by atoms with Crippen LogP contribution in [0.25, 0.3) is 6.08 Å². The van der Waals surface area contributed by atoms with Gasteiger partial charge in [0.15, 0.2) is 6.39 Å². The van der Waals surface area contributed by atoms with Crippen LogP contribution in [0.5, 0.6) is 0 Å². The van der Waals surface area contributed by atoms with Crippen molar-refractivity contribution in [3.05, 3.63) is 23.9 Å². The Balaban J connectivity index is 2.85.